The topological polar surface area (TPSA) is 14.7 Å². The summed E-state index contributed by atoms with van der Waals surface area (Å²) in [7, 11) is 0. The predicted octanol–water partition coefficient (Wildman–Crippen LogP) is 12.1. The standard InChI is InChI=1S/C54H39BN4/c1-6-19-38(20-7-1)56(39-21-8-2-9-22-39)43-33-34-46-52(35-43)58(41-25-12-4-13-26-41)49-31-18-32-50-54(49)55(46)47-36-45-44-29-16-17-30-48(44)57(40-23-10-3-11-24-40)51(45)37-53(47)59(50)42-27-14-5-15-28-42/h1-15,17-28,30-37H,16,29H2. The number of rotatable bonds is 6. The first-order valence-corrected chi connectivity index (χ1v) is 20.6. The number of allylic oxidation sites excluding steroid dienone is 1. The Morgan fingerprint density at radius 1 is 0.441 bits per heavy atom. The summed E-state index contributed by atoms with van der Waals surface area (Å²) in [4.78, 5) is 7.38. The zero-order chi connectivity index (χ0) is 38.9. The second-order valence-electron chi connectivity index (χ2n) is 15.6. The Labute approximate surface area is 345 Å². The van der Waals surface area contributed by atoms with E-state index in [-0.39, 0.29) is 6.71 Å². The van der Waals surface area contributed by atoms with Crippen molar-refractivity contribution in [2.24, 2.45) is 0 Å². The molecule has 59 heavy (non-hydrogen) atoms. The molecular weight excluding hydrogens is 715 g/mol. The molecule has 0 N–H and O–H groups in total. The van der Waals surface area contributed by atoms with Gasteiger partial charge in [-0.05, 0) is 132 Å². The number of anilines is 9. The lowest BCUT2D eigenvalue weighted by atomic mass is 9.33. The summed E-state index contributed by atoms with van der Waals surface area (Å²) >= 11 is 0. The maximum atomic E-state index is 2.55. The van der Waals surface area contributed by atoms with Gasteiger partial charge >= 0.3 is 0 Å². The molecule has 0 spiro atoms. The minimum Gasteiger partial charge on any atom is -0.311 e. The third-order valence-corrected chi connectivity index (χ3v) is 12.4. The van der Waals surface area contributed by atoms with Gasteiger partial charge in [0.2, 0.25) is 0 Å². The molecule has 3 aliphatic rings. The molecule has 1 aromatic heterocycles. The number of aromatic nitrogens is 1. The fourth-order valence-corrected chi connectivity index (χ4v) is 9.95. The molecule has 5 heteroatoms. The molecular formula is C54H39BN4. The van der Waals surface area contributed by atoms with Crippen molar-refractivity contribution in [2.45, 2.75) is 12.8 Å². The first-order valence-electron chi connectivity index (χ1n) is 20.6. The number of fused-ring (bicyclic) bond motifs is 7. The average Bonchev–Trinajstić information content (AvgIpc) is 3.63. The van der Waals surface area contributed by atoms with Crippen molar-refractivity contribution >= 4 is 91.3 Å². The van der Waals surface area contributed by atoms with Gasteiger partial charge in [0.25, 0.3) is 6.71 Å². The highest BCUT2D eigenvalue weighted by Crippen LogP contribution is 2.47. The number of aryl methyl sites for hydroxylation is 1. The van der Waals surface area contributed by atoms with Crippen molar-refractivity contribution < 1.29 is 0 Å². The fraction of sp³-hybridized carbons (Fsp3) is 0.0370. The van der Waals surface area contributed by atoms with Gasteiger partial charge in [0.15, 0.2) is 0 Å². The second-order valence-corrected chi connectivity index (χ2v) is 15.6. The first kappa shape index (κ1) is 33.6. The Morgan fingerprint density at radius 2 is 0.983 bits per heavy atom. The molecule has 0 amide bonds. The van der Waals surface area contributed by atoms with Gasteiger partial charge in [-0.2, -0.15) is 0 Å². The Balaban J connectivity index is 1.16. The normalized spacial score (nSPS) is 13.5. The molecule has 1 aliphatic carbocycles. The first-order chi connectivity index (χ1) is 29.3. The van der Waals surface area contributed by atoms with E-state index in [0.717, 1.165) is 41.3 Å². The Morgan fingerprint density at radius 3 is 1.58 bits per heavy atom. The summed E-state index contributed by atoms with van der Waals surface area (Å²) in [6.45, 7) is 0.00123. The van der Waals surface area contributed by atoms with Gasteiger partial charge in [0.1, 0.15) is 0 Å². The summed E-state index contributed by atoms with van der Waals surface area (Å²) in [5.74, 6) is 0. The van der Waals surface area contributed by atoms with Crippen molar-refractivity contribution in [2.75, 3.05) is 14.7 Å². The number of benzene rings is 8. The van der Waals surface area contributed by atoms with Gasteiger partial charge in [0, 0.05) is 68.0 Å². The molecule has 8 aromatic carbocycles. The highest BCUT2D eigenvalue weighted by molar-refractivity contribution is 7.00. The lowest BCUT2D eigenvalue weighted by Crippen LogP contribution is -2.61. The molecule has 0 unspecified atom stereocenters. The van der Waals surface area contributed by atoms with Crippen LogP contribution >= 0.6 is 0 Å². The van der Waals surface area contributed by atoms with Gasteiger partial charge in [-0.3, -0.25) is 0 Å². The summed E-state index contributed by atoms with van der Waals surface area (Å²) in [5.41, 5.74) is 19.5. The van der Waals surface area contributed by atoms with Crippen molar-refractivity contribution in [3.8, 4) is 5.69 Å². The quantitative estimate of drug-likeness (QED) is 0.157. The lowest BCUT2D eigenvalue weighted by Gasteiger charge is -2.44. The van der Waals surface area contributed by atoms with E-state index in [1.165, 1.54) is 67.0 Å². The molecule has 0 bridgehead atoms. The predicted molar refractivity (Wildman–Crippen MR) is 249 cm³/mol. The van der Waals surface area contributed by atoms with E-state index in [4.69, 9.17) is 0 Å². The molecule has 4 nitrogen and oxygen atoms in total. The van der Waals surface area contributed by atoms with Crippen LogP contribution in [0.3, 0.4) is 0 Å². The van der Waals surface area contributed by atoms with Crippen LogP contribution in [0.2, 0.25) is 0 Å². The number of para-hydroxylation sites is 5. The van der Waals surface area contributed by atoms with Gasteiger partial charge in [-0.1, -0.05) is 115 Å². The molecule has 3 heterocycles. The van der Waals surface area contributed by atoms with Crippen molar-refractivity contribution in [1.29, 1.82) is 0 Å². The van der Waals surface area contributed by atoms with Crippen molar-refractivity contribution in [3.63, 3.8) is 0 Å². The average molecular weight is 755 g/mol. The van der Waals surface area contributed by atoms with E-state index in [2.05, 4.69) is 232 Å². The van der Waals surface area contributed by atoms with Crippen LogP contribution in [0.1, 0.15) is 17.7 Å². The third kappa shape index (κ3) is 5.25. The Hall–Kier alpha value is -7.50. The van der Waals surface area contributed by atoms with Crippen LogP contribution in [0.4, 0.5) is 51.2 Å². The largest absolute Gasteiger partial charge is 0.311 e. The van der Waals surface area contributed by atoms with Gasteiger partial charge in [0.05, 0.1) is 5.52 Å². The Kier molecular flexibility index (Phi) is 7.73. The van der Waals surface area contributed by atoms with Crippen LogP contribution in [0, 0.1) is 0 Å². The molecule has 9 aromatic rings. The van der Waals surface area contributed by atoms with Gasteiger partial charge < -0.3 is 19.3 Å². The van der Waals surface area contributed by atoms with E-state index in [1.807, 2.05) is 0 Å². The molecule has 12 rings (SSSR count). The van der Waals surface area contributed by atoms with E-state index < -0.39 is 0 Å². The summed E-state index contributed by atoms with van der Waals surface area (Å²) in [5, 5.41) is 1.34. The van der Waals surface area contributed by atoms with E-state index in [1.54, 1.807) is 0 Å². The van der Waals surface area contributed by atoms with Crippen molar-refractivity contribution in [1.82, 2.24) is 4.57 Å². The van der Waals surface area contributed by atoms with Crippen LogP contribution < -0.4 is 31.1 Å². The Bertz CT molecular complexity index is 3010. The molecule has 0 atom stereocenters. The summed E-state index contributed by atoms with van der Waals surface area (Å²) in [6, 6.07) is 73.2. The minimum absolute atomic E-state index is 0.00123. The van der Waals surface area contributed by atoms with Crippen LogP contribution in [-0.2, 0) is 6.42 Å². The molecule has 0 radical (unpaired) electrons. The van der Waals surface area contributed by atoms with Crippen molar-refractivity contribution in [3.05, 3.63) is 218 Å². The van der Waals surface area contributed by atoms with E-state index in [0.29, 0.717) is 0 Å². The molecule has 0 saturated heterocycles. The lowest BCUT2D eigenvalue weighted by molar-refractivity contribution is 0.967. The maximum absolute atomic E-state index is 2.55. The van der Waals surface area contributed by atoms with Gasteiger partial charge in [-0.15, -0.1) is 0 Å². The zero-order valence-electron chi connectivity index (χ0n) is 32.5. The third-order valence-electron chi connectivity index (χ3n) is 12.4. The SMILES string of the molecule is C1=Cc2c(c3cc4c(cc3n2-c2ccccc2)N(c2ccccc2)c2cccc3c2B4c2ccc(N(c4ccccc4)c4ccccc4)cc2N3c2ccccc2)CC1. The molecule has 278 valence electrons. The molecule has 0 fully saturated rings. The van der Waals surface area contributed by atoms with Crippen LogP contribution in [0.15, 0.2) is 206 Å². The summed E-state index contributed by atoms with van der Waals surface area (Å²) in [6.07, 6.45) is 6.74. The summed E-state index contributed by atoms with van der Waals surface area (Å²) < 4.78 is 2.48. The minimum atomic E-state index is 0.00123. The van der Waals surface area contributed by atoms with Crippen LogP contribution in [0.25, 0.3) is 22.7 Å². The van der Waals surface area contributed by atoms with Crippen LogP contribution in [0.5, 0.6) is 0 Å². The molecule has 0 saturated carbocycles. The van der Waals surface area contributed by atoms with Gasteiger partial charge in [-0.25, -0.2) is 0 Å². The maximum Gasteiger partial charge on any atom is 0.252 e. The number of hydrogen-bond acceptors (Lipinski definition) is 3. The highest BCUT2D eigenvalue weighted by atomic mass is 15.2. The smallest absolute Gasteiger partial charge is 0.252 e. The molecule has 2 aliphatic heterocycles. The van der Waals surface area contributed by atoms with E-state index >= 15 is 0 Å². The number of hydrogen-bond donors (Lipinski definition) is 0. The monoisotopic (exact) mass is 754 g/mol. The number of nitrogens with zero attached hydrogens (tertiary/aromatic N) is 4. The highest BCUT2D eigenvalue weighted by Gasteiger charge is 2.44. The fourth-order valence-electron chi connectivity index (χ4n) is 9.95. The zero-order valence-corrected chi connectivity index (χ0v) is 32.5. The van der Waals surface area contributed by atoms with Crippen LogP contribution in [-0.4, -0.2) is 11.3 Å². The van der Waals surface area contributed by atoms with E-state index in [9.17, 15) is 0 Å². The second kappa shape index (κ2) is 13.6.